The van der Waals surface area contributed by atoms with E-state index in [2.05, 4.69) is 9.97 Å². The van der Waals surface area contributed by atoms with Gasteiger partial charge in [0.1, 0.15) is 5.75 Å². The summed E-state index contributed by atoms with van der Waals surface area (Å²) in [6.45, 7) is 0. The molecule has 0 N–H and O–H groups in total. The van der Waals surface area contributed by atoms with Gasteiger partial charge in [0.2, 0.25) is 11.2 Å². The molecule has 0 saturated carbocycles. The Morgan fingerprint density at radius 1 is 1.05 bits per heavy atom. The second kappa shape index (κ2) is 5.22. The Kier molecular flexibility index (Phi) is 3.82. The average molecular weight is 309 g/mol. The number of alkyl halides is 3. The maximum absolute atomic E-state index is 12.5. The first-order valence-corrected chi connectivity index (χ1v) is 5.65. The van der Waals surface area contributed by atoms with Crippen LogP contribution in [0.5, 0.6) is 11.6 Å². The van der Waals surface area contributed by atoms with Crippen LogP contribution in [0.15, 0.2) is 30.3 Å². The maximum atomic E-state index is 12.5. The molecular weight excluding hydrogens is 304 g/mol. The van der Waals surface area contributed by atoms with E-state index in [0.717, 1.165) is 0 Å². The van der Waals surface area contributed by atoms with E-state index in [4.69, 9.17) is 27.9 Å². The third kappa shape index (κ3) is 3.71. The highest BCUT2D eigenvalue weighted by molar-refractivity contribution is 6.30. The van der Waals surface area contributed by atoms with Crippen molar-refractivity contribution in [3.05, 3.63) is 46.3 Å². The molecule has 2 rings (SSSR count). The van der Waals surface area contributed by atoms with Crippen molar-refractivity contribution in [2.24, 2.45) is 0 Å². The second-order valence-corrected chi connectivity index (χ2v) is 4.19. The highest BCUT2D eigenvalue weighted by Crippen LogP contribution is 2.31. The molecule has 0 aliphatic rings. The van der Waals surface area contributed by atoms with Gasteiger partial charge in [0.15, 0.2) is 5.69 Å². The monoisotopic (exact) mass is 308 g/mol. The topological polar surface area (TPSA) is 35.0 Å². The number of rotatable bonds is 2. The number of ether oxygens (including phenoxy) is 1. The summed E-state index contributed by atoms with van der Waals surface area (Å²) in [6.07, 6.45) is -4.63. The van der Waals surface area contributed by atoms with Gasteiger partial charge >= 0.3 is 6.18 Å². The Morgan fingerprint density at radius 2 is 1.79 bits per heavy atom. The fourth-order valence-electron chi connectivity index (χ4n) is 1.25. The molecule has 3 nitrogen and oxygen atoms in total. The summed E-state index contributed by atoms with van der Waals surface area (Å²) in [4.78, 5) is 6.65. The molecule has 0 fully saturated rings. The third-order valence-electron chi connectivity index (χ3n) is 1.98. The minimum absolute atomic E-state index is 0.246. The third-order valence-corrected chi connectivity index (χ3v) is 2.39. The van der Waals surface area contributed by atoms with Crippen molar-refractivity contribution in [3.63, 3.8) is 0 Å². The van der Waals surface area contributed by atoms with E-state index in [1.807, 2.05) is 0 Å². The molecule has 2 aromatic rings. The minimum Gasteiger partial charge on any atom is -0.439 e. The summed E-state index contributed by atoms with van der Waals surface area (Å²) in [6, 6.07) is 6.81. The predicted molar refractivity (Wildman–Crippen MR) is 63.6 cm³/mol. The van der Waals surface area contributed by atoms with Gasteiger partial charge in [-0.2, -0.15) is 18.2 Å². The molecule has 0 saturated heterocycles. The first-order valence-electron chi connectivity index (χ1n) is 4.90. The lowest BCUT2D eigenvalue weighted by atomic mass is 10.3. The van der Waals surface area contributed by atoms with Crippen molar-refractivity contribution in [2.45, 2.75) is 6.18 Å². The zero-order chi connectivity index (χ0) is 14.0. The SMILES string of the molecule is FC(F)(F)c1cc(Oc2cccc(Cl)c2)nc(Cl)n1. The minimum atomic E-state index is -4.63. The second-order valence-electron chi connectivity index (χ2n) is 3.42. The van der Waals surface area contributed by atoms with Gasteiger partial charge in [-0.3, -0.25) is 0 Å². The number of hydrogen-bond donors (Lipinski definition) is 0. The molecule has 19 heavy (non-hydrogen) atoms. The number of halogens is 5. The Morgan fingerprint density at radius 3 is 2.42 bits per heavy atom. The predicted octanol–water partition coefficient (Wildman–Crippen LogP) is 4.59. The summed E-state index contributed by atoms with van der Waals surface area (Å²) in [5.74, 6) is -0.0648. The van der Waals surface area contributed by atoms with Crippen LogP contribution in [0.25, 0.3) is 0 Å². The fraction of sp³-hybridized carbons (Fsp3) is 0.0909. The number of nitrogens with zero attached hydrogens (tertiary/aromatic N) is 2. The lowest BCUT2D eigenvalue weighted by Gasteiger charge is -2.09. The maximum Gasteiger partial charge on any atom is 0.433 e. The molecule has 1 aromatic carbocycles. The van der Waals surface area contributed by atoms with Crippen LogP contribution >= 0.6 is 23.2 Å². The van der Waals surface area contributed by atoms with E-state index in [1.54, 1.807) is 12.1 Å². The van der Waals surface area contributed by atoms with Crippen LogP contribution in [0.4, 0.5) is 13.2 Å². The average Bonchev–Trinajstić information content (AvgIpc) is 2.26. The summed E-state index contributed by atoms with van der Waals surface area (Å²) >= 11 is 11.2. The van der Waals surface area contributed by atoms with Crippen molar-refractivity contribution in [1.82, 2.24) is 9.97 Å². The summed E-state index contributed by atoms with van der Waals surface area (Å²) in [5.41, 5.74) is -1.18. The van der Waals surface area contributed by atoms with E-state index >= 15 is 0 Å². The highest BCUT2D eigenvalue weighted by atomic mass is 35.5. The number of benzene rings is 1. The van der Waals surface area contributed by atoms with E-state index in [-0.39, 0.29) is 11.6 Å². The Bertz CT molecular complexity index is 605. The number of aromatic nitrogens is 2. The lowest BCUT2D eigenvalue weighted by Crippen LogP contribution is -2.09. The van der Waals surface area contributed by atoms with E-state index < -0.39 is 17.2 Å². The van der Waals surface area contributed by atoms with Crippen molar-refractivity contribution < 1.29 is 17.9 Å². The van der Waals surface area contributed by atoms with Crippen LogP contribution in [-0.4, -0.2) is 9.97 Å². The van der Waals surface area contributed by atoms with Crippen LogP contribution in [0, 0.1) is 0 Å². The smallest absolute Gasteiger partial charge is 0.433 e. The van der Waals surface area contributed by atoms with Crippen LogP contribution in [-0.2, 0) is 6.18 Å². The standard InChI is InChI=1S/C11H5Cl2F3N2O/c12-6-2-1-3-7(4-6)19-9-5-8(11(14,15)16)17-10(13)18-9/h1-5H. The molecule has 0 aliphatic carbocycles. The van der Waals surface area contributed by atoms with E-state index in [9.17, 15) is 13.2 Å². The Balaban J connectivity index is 2.33. The molecule has 0 spiro atoms. The van der Waals surface area contributed by atoms with Gasteiger partial charge in [-0.25, -0.2) is 4.98 Å². The quantitative estimate of drug-likeness (QED) is 0.761. The summed E-state index contributed by atoms with van der Waals surface area (Å²) in [5, 5.41) is -0.166. The van der Waals surface area contributed by atoms with E-state index in [1.165, 1.54) is 12.1 Å². The Hall–Kier alpha value is -1.53. The molecule has 0 bridgehead atoms. The van der Waals surface area contributed by atoms with Gasteiger partial charge in [0.05, 0.1) is 0 Å². The first-order chi connectivity index (χ1) is 8.84. The van der Waals surface area contributed by atoms with E-state index in [0.29, 0.717) is 11.1 Å². The van der Waals surface area contributed by atoms with Gasteiger partial charge < -0.3 is 4.74 Å². The van der Waals surface area contributed by atoms with Crippen molar-refractivity contribution in [1.29, 1.82) is 0 Å². The molecular formula is C11H5Cl2F3N2O. The van der Waals surface area contributed by atoms with Gasteiger partial charge in [-0.15, -0.1) is 0 Å². The zero-order valence-electron chi connectivity index (χ0n) is 9.08. The molecule has 0 aliphatic heterocycles. The van der Waals surface area contributed by atoms with Gasteiger partial charge in [0.25, 0.3) is 0 Å². The van der Waals surface area contributed by atoms with Gasteiger partial charge in [-0.05, 0) is 29.8 Å². The van der Waals surface area contributed by atoms with Crippen molar-refractivity contribution in [2.75, 3.05) is 0 Å². The molecule has 1 heterocycles. The molecule has 0 radical (unpaired) electrons. The Labute approximate surface area is 116 Å². The molecule has 1 aromatic heterocycles. The van der Waals surface area contributed by atoms with Crippen LogP contribution in [0.3, 0.4) is 0 Å². The fourth-order valence-corrected chi connectivity index (χ4v) is 1.60. The van der Waals surface area contributed by atoms with Crippen LogP contribution in [0.2, 0.25) is 10.3 Å². The van der Waals surface area contributed by atoms with Crippen LogP contribution in [0.1, 0.15) is 5.69 Å². The summed E-state index contributed by atoms with van der Waals surface area (Å²) < 4.78 is 42.7. The largest absolute Gasteiger partial charge is 0.439 e. The normalized spacial score (nSPS) is 11.4. The number of hydrogen-bond acceptors (Lipinski definition) is 3. The zero-order valence-corrected chi connectivity index (χ0v) is 10.6. The van der Waals surface area contributed by atoms with Crippen LogP contribution < -0.4 is 4.74 Å². The molecule has 0 atom stereocenters. The van der Waals surface area contributed by atoms with Crippen molar-refractivity contribution in [3.8, 4) is 11.6 Å². The summed E-state index contributed by atoms with van der Waals surface area (Å²) in [7, 11) is 0. The first kappa shape index (κ1) is 13.9. The molecule has 100 valence electrons. The lowest BCUT2D eigenvalue weighted by molar-refractivity contribution is -0.141. The van der Waals surface area contributed by atoms with Crippen molar-refractivity contribution >= 4 is 23.2 Å². The highest BCUT2D eigenvalue weighted by Gasteiger charge is 2.33. The van der Waals surface area contributed by atoms with Gasteiger partial charge in [-0.1, -0.05) is 17.7 Å². The molecule has 8 heteroatoms. The van der Waals surface area contributed by atoms with Gasteiger partial charge in [0, 0.05) is 11.1 Å². The molecule has 0 unspecified atom stereocenters. The molecule has 0 amide bonds.